The molecule has 2 N–H and O–H groups in total. The highest BCUT2D eigenvalue weighted by Gasteiger charge is 2.19. The fourth-order valence-corrected chi connectivity index (χ4v) is 2.24. The molecule has 0 spiro atoms. The van der Waals surface area contributed by atoms with Crippen molar-refractivity contribution in [3.63, 3.8) is 0 Å². The van der Waals surface area contributed by atoms with Crippen molar-refractivity contribution in [2.24, 2.45) is 0 Å². The summed E-state index contributed by atoms with van der Waals surface area (Å²) in [6.07, 6.45) is 1.75. The van der Waals surface area contributed by atoms with E-state index >= 15 is 0 Å². The van der Waals surface area contributed by atoms with Gasteiger partial charge in [-0.1, -0.05) is 32.4 Å². The second-order valence-corrected chi connectivity index (χ2v) is 6.99. The maximum absolute atomic E-state index is 12.2. The molecule has 0 aliphatic heterocycles. The van der Waals surface area contributed by atoms with Gasteiger partial charge in [0.05, 0.1) is 10.7 Å². The lowest BCUT2D eigenvalue weighted by Crippen LogP contribution is -2.27. The van der Waals surface area contributed by atoms with Crippen LogP contribution in [-0.4, -0.2) is 34.6 Å². The molecule has 1 aromatic carbocycles. The van der Waals surface area contributed by atoms with E-state index in [4.69, 9.17) is 11.6 Å². The Morgan fingerprint density at radius 2 is 1.96 bits per heavy atom. The zero-order chi connectivity index (χ0) is 17.4. The molecule has 124 valence electrons. The lowest BCUT2D eigenvalue weighted by Gasteiger charge is -2.15. The largest absolute Gasteiger partial charge is 0.331 e. The SMILES string of the molecule is CN(C)C(=O)Nc1ccc(-n2cc(C(C)(C)C)[nH]c2=O)c(Cl)c1. The number of aromatic amines is 1. The van der Waals surface area contributed by atoms with E-state index in [0.29, 0.717) is 16.4 Å². The van der Waals surface area contributed by atoms with E-state index in [1.54, 1.807) is 38.5 Å². The van der Waals surface area contributed by atoms with Crippen LogP contribution in [0.15, 0.2) is 29.2 Å². The summed E-state index contributed by atoms with van der Waals surface area (Å²) in [5, 5.41) is 3.09. The number of halogens is 1. The third kappa shape index (κ3) is 3.76. The van der Waals surface area contributed by atoms with E-state index in [0.717, 1.165) is 5.69 Å². The van der Waals surface area contributed by atoms with Gasteiger partial charge in [0.25, 0.3) is 0 Å². The lowest BCUT2D eigenvalue weighted by molar-refractivity contribution is 0.230. The van der Waals surface area contributed by atoms with E-state index in [9.17, 15) is 9.59 Å². The Kier molecular flexibility index (Phi) is 4.56. The van der Waals surface area contributed by atoms with Crippen LogP contribution >= 0.6 is 11.6 Å². The van der Waals surface area contributed by atoms with Crippen molar-refractivity contribution in [1.29, 1.82) is 0 Å². The summed E-state index contributed by atoms with van der Waals surface area (Å²) in [6.45, 7) is 6.05. The topological polar surface area (TPSA) is 70.1 Å². The molecule has 23 heavy (non-hydrogen) atoms. The van der Waals surface area contributed by atoms with Gasteiger partial charge in [-0.15, -0.1) is 0 Å². The third-order valence-corrected chi connectivity index (χ3v) is 3.69. The van der Waals surface area contributed by atoms with Crippen LogP contribution < -0.4 is 11.0 Å². The zero-order valence-electron chi connectivity index (χ0n) is 13.9. The highest BCUT2D eigenvalue weighted by Crippen LogP contribution is 2.25. The van der Waals surface area contributed by atoms with Gasteiger partial charge >= 0.3 is 11.7 Å². The van der Waals surface area contributed by atoms with Crippen LogP contribution in [0.3, 0.4) is 0 Å². The molecule has 0 saturated carbocycles. The number of amides is 2. The van der Waals surface area contributed by atoms with Crippen LogP contribution in [0.5, 0.6) is 0 Å². The molecule has 0 fully saturated rings. The number of urea groups is 1. The van der Waals surface area contributed by atoms with Crippen LogP contribution in [0.2, 0.25) is 5.02 Å². The van der Waals surface area contributed by atoms with E-state index in [-0.39, 0.29) is 17.1 Å². The van der Waals surface area contributed by atoms with Crippen molar-refractivity contribution in [3.8, 4) is 5.69 Å². The highest BCUT2D eigenvalue weighted by molar-refractivity contribution is 6.32. The van der Waals surface area contributed by atoms with Crippen molar-refractivity contribution in [3.05, 3.63) is 45.6 Å². The molecular formula is C16H21ClN4O2. The van der Waals surface area contributed by atoms with Gasteiger partial charge in [-0.3, -0.25) is 4.57 Å². The van der Waals surface area contributed by atoms with Crippen LogP contribution in [0.1, 0.15) is 26.5 Å². The second kappa shape index (κ2) is 6.12. The molecular weight excluding hydrogens is 316 g/mol. The van der Waals surface area contributed by atoms with Gasteiger partial charge in [-0.2, -0.15) is 0 Å². The number of hydrogen-bond donors (Lipinski definition) is 2. The Morgan fingerprint density at radius 1 is 1.30 bits per heavy atom. The number of nitrogens with one attached hydrogen (secondary N) is 2. The summed E-state index contributed by atoms with van der Waals surface area (Å²) in [5.74, 6) is 0. The van der Waals surface area contributed by atoms with Gasteiger partial charge in [0.2, 0.25) is 0 Å². The van der Waals surface area contributed by atoms with Gasteiger partial charge in [0.1, 0.15) is 0 Å². The third-order valence-electron chi connectivity index (χ3n) is 3.39. The minimum absolute atomic E-state index is 0.170. The summed E-state index contributed by atoms with van der Waals surface area (Å²) < 4.78 is 1.47. The average molecular weight is 337 g/mol. The van der Waals surface area contributed by atoms with Crippen LogP contribution in [0.25, 0.3) is 5.69 Å². The smallest absolute Gasteiger partial charge is 0.330 e. The molecule has 0 aliphatic rings. The molecule has 0 aliphatic carbocycles. The molecule has 2 rings (SSSR count). The molecule has 0 saturated heterocycles. The number of rotatable bonds is 2. The summed E-state index contributed by atoms with van der Waals surface area (Å²) in [7, 11) is 3.30. The Labute approximate surface area is 140 Å². The van der Waals surface area contributed by atoms with Gasteiger partial charge < -0.3 is 15.2 Å². The molecule has 2 amide bonds. The van der Waals surface area contributed by atoms with Gasteiger partial charge in [-0.05, 0) is 18.2 Å². The van der Waals surface area contributed by atoms with E-state index in [1.807, 2.05) is 20.8 Å². The van der Waals surface area contributed by atoms with Gasteiger partial charge in [-0.25, -0.2) is 9.59 Å². The standard InChI is InChI=1S/C16H21ClN4O2/c1-16(2,3)13-9-21(15(23)19-13)12-7-6-10(8-11(12)17)18-14(22)20(4)5/h6-9H,1-5H3,(H,18,22)(H,19,23). The van der Waals surface area contributed by atoms with Crippen molar-refractivity contribution >= 4 is 23.3 Å². The predicted molar refractivity (Wildman–Crippen MR) is 92.8 cm³/mol. The molecule has 7 heteroatoms. The fraction of sp³-hybridized carbons (Fsp3) is 0.375. The number of H-pyrrole nitrogens is 1. The molecule has 1 heterocycles. The number of anilines is 1. The summed E-state index contributed by atoms with van der Waals surface area (Å²) in [4.78, 5) is 28.1. The van der Waals surface area contributed by atoms with E-state index < -0.39 is 0 Å². The first-order valence-electron chi connectivity index (χ1n) is 7.20. The molecule has 0 unspecified atom stereocenters. The van der Waals surface area contributed by atoms with Crippen LogP contribution in [-0.2, 0) is 5.41 Å². The number of carbonyl (C=O) groups excluding carboxylic acids is 1. The first-order chi connectivity index (χ1) is 10.6. The minimum atomic E-state index is -0.248. The van der Waals surface area contributed by atoms with Crippen LogP contribution in [0.4, 0.5) is 10.5 Å². The number of imidazole rings is 1. The summed E-state index contributed by atoms with van der Waals surface area (Å²) in [6, 6.07) is 4.78. The minimum Gasteiger partial charge on any atom is -0.331 e. The number of nitrogens with zero attached hydrogens (tertiary/aromatic N) is 2. The van der Waals surface area contributed by atoms with Crippen molar-refractivity contribution < 1.29 is 4.79 Å². The molecule has 2 aromatic rings. The monoisotopic (exact) mass is 336 g/mol. The number of aromatic nitrogens is 2. The normalized spacial score (nSPS) is 11.4. The fourth-order valence-electron chi connectivity index (χ4n) is 1.97. The summed E-state index contributed by atoms with van der Waals surface area (Å²) >= 11 is 6.28. The van der Waals surface area contributed by atoms with E-state index in [1.165, 1.54) is 9.47 Å². The average Bonchev–Trinajstić information content (AvgIpc) is 2.81. The first kappa shape index (κ1) is 17.1. The number of benzene rings is 1. The molecule has 6 nitrogen and oxygen atoms in total. The van der Waals surface area contributed by atoms with Gasteiger partial charge in [0.15, 0.2) is 0 Å². The predicted octanol–water partition coefficient (Wildman–Crippen LogP) is 3.21. The maximum atomic E-state index is 12.2. The maximum Gasteiger partial charge on any atom is 0.330 e. The molecule has 0 atom stereocenters. The molecule has 0 bridgehead atoms. The highest BCUT2D eigenvalue weighted by atomic mass is 35.5. The lowest BCUT2D eigenvalue weighted by atomic mass is 9.93. The second-order valence-electron chi connectivity index (χ2n) is 6.58. The first-order valence-corrected chi connectivity index (χ1v) is 7.58. The Bertz CT molecular complexity index is 784. The van der Waals surface area contributed by atoms with Crippen LogP contribution in [0, 0.1) is 0 Å². The Balaban J connectivity index is 2.37. The number of carbonyl (C=O) groups is 1. The Morgan fingerprint density at radius 3 is 2.43 bits per heavy atom. The van der Waals surface area contributed by atoms with E-state index in [2.05, 4.69) is 10.3 Å². The molecule has 0 radical (unpaired) electrons. The van der Waals surface area contributed by atoms with Gasteiger partial charge in [0, 0.05) is 37.1 Å². The van der Waals surface area contributed by atoms with Crippen molar-refractivity contribution in [2.45, 2.75) is 26.2 Å². The zero-order valence-corrected chi connectivity index (χ0v) is 14.7. The summed E-state index contributed by atoms with van der Waals surface area (Å²) in [5.41, 5.74) is 1.53. The molecule has 1 aromatic heterocycles. The Hall–Kier alpha value is -2.21. The number of hydrogen-bond acceptors (Lipinski definition) is 2. The van der Waals surface area contributed by atoms with Crippen molar-refractivity contribution in [2.75, 3.05) is 19.4 Å². The quantitative estimate of drug-likeness (QED) is 0.884. The van der Waals surface area contributed by atoms with Crippen molar-refractivity contribution in [1.82, 2.24) is 14.5 Å².